The van der Waals surface area contributed by atoms with Crippen molar-refractivity contribution in [3.05, 3.63) is 0 Å². The molecule has 1 aliphatic carbocycles. The lowest BCUT2D eigenvalue weighted by atomic mass is 10.1. The van der Waals surface area contributed by atoms with Crippen molar-refractivity contribution in [2.45, 2.75) is 37.6 Å². The number of hydrogen-bond donors (Lipinski definition) is 2. The van der Waals surface area contributed by atoms with Gasteiger partial charge in [0.15, 0.2) is 9.12 Å². The van der Waals surface area contributed by atoms with Gasteiger partial charge in [-0.1, -0.05) is 19.8 Å². The highest BCUT2D eigenvalue weighted by Crippen LogP contribution is 2.44. The largest absolute Gasteiger partial charge is 0.341 e. The Kier molecular flexibility index (Phi) is 2.49. The Labute approximate surface area is 65.0 Å². The smallest absolute Gasteiger partial charge is 0.187 e. The third kappa shape index (κ3) is 1.41. The van der Waals surface area contributed by atoms with Crippen LogP contribution in [-0.2, 0) is 0 Å². The molecule has 0 aliphatic heterocycles. The molecule has 1 rings (SSSR count). The van der Waals surface area contributed by atoms with Crippen LogP contribution in [0.4, 0.5) is 0 Å². The monoisotopic (exact) mass is 158 g/mol. The maximum Gasteiger partial charge on any atom is 0.187 e. The van der Waals surface area contributed by atoms with Gasteiger partial charge in [-0.3, -0.25) is 0 Å². The first kappa shape index (κ1) is 8.24. The normalized spacial score (nSPS) is 26.7. The molecular weight excluding hydrogens is 140 g/mol. The maximum atomic E-state index is 6.04. The summed E-state index contributed by atoms with van der Waals surface area (Å²) in [5.41, 5.74) is 0. The van der Waals surface area contributed by atoms with Crippen LogP contribution in [0.15, 0.2) is 0 Å². The summed E-state index contributed by atoms with van der Waals surface area (Å²) in [7, 11) is 0.902. The van der Waals surface area contributed by atoms with Crippen LogP contribution in [0, 0.1) is 0 Å². The number of rotatable bonds is 2. The first-order chi connectivity index (χ1) is 4.69. The van der Waals surface area contributed by atoms with E-state index in [2.05, 4.69) is 11.9 Å². The molecule has 0 radical (unpaired) electrons. The summed E-state index contributed by atoms with van der Waals surface area (Å²) >= 11 is 0. The molecule has 10 heavy (non-hydrogen) atoms. The van der Waals surface area contributed by atoms with Crippen molar-refractivity contribution in [3.63, 3.8) is 0 Å². The first-order valence-electron chi connectivity index (χ1n) is 4.12. The van der Waals surface area contributed by atoms with E-state index in [1.54, 1.807) is 0 Å². The van der Waals surface area contributed by atoms with E-state index in [0.717, 1.165) is 0 Å². The van der Waals surface area contributed by atoms with Gasteiger partial charge in [0.25, 0.3) is 0 Å². The number of nitrogens with two attached hydrogens (primary N) is 1. The number of hydrogen-bond acceptors (Lipinski definition) is 2. The SMILES string of the molecule is CN[SiH](N)C1(C)CCCC1. The van der Waals surface area contributed by atoms with E-state index in [1.807, 2.05) is 7.05 Å². The van der Waals surface area contributed by atoms with Crippen LogP contribution in [0.3, 0.4) is 0 Å². The Balaban J connectivity index is 2.49. The van der Waals surface area contributed by atoms with Crippen LogP contribution in [0.25, 0.3) is 0 Å². The molecule has 0 aromatic carbocycles. The van der Waals surface area contributed by atoms with Gasteiger partial charge in [-0.2, -0.15) is 0 Å². The molecule has 60 valence electrons. The van der Waals surface area contributed by atoms with Crippen LogP contribution in [0.1, 0.15) is 32.6 Å². The zero-order valence-electron chi connectivity index (χ0n) is 6.98. The molecule has 1 aliphatic rings. The summed E-state index contributed by atoms with van der Waals surface area (Å²) < 4.78 is 0. The van der Waals surface area contributed by atoms with E-state index in [9.17, 15) is 0 Å². The van der Waals surface area contributed by atoms with Crippen LogP contribution in [-0.4, -0.2) is 16.2 Å². The quantitative estimate of drug-likeness (QED) is 0.581. The van der Waals surface area contributed by atoms with Gasteiger partial charge in [-0.05, 0) is 24.9 Å². The van der Waals surface area contributed by atoms with Crippen molar-refractivity contribution in [3.8, 4) is 0 Å². The topological polar surface area (TPSA) is 38.0 Å². The molecule has 2 nitrogen and oxygen atoms in total. The molecule has 0 saturated heterocycles. The molecule has 1 saturated carbocycles. The third-order valence-electron chi connectivity index (χ3n) is 2.81. The molecular formula is C7H18N2Si. The fourth-order valence-electron chi connectivity index (χ4n) is 1.84. The standard InChI is InChI=1S/C7H18N2Si/c1-7(10(8)9-2)5-3-4-6-7/h9-10H,3-6,8H2,1-2H3. The summed E-state index contributed by atoms with van der Waals surface area (Å²) in [6.45, 7) is 2.34. The van der Waals surface area contributed by atoms with Gasteiger partial charge in [0.2, 0.25) is 0 Å². The Hall–Kier alpha value is 0.137. The molecule has 1 fully saturated rings. The van der Waals surface area contributed by atoms with Crippen LogP contribution in [0.5, 0.6) is 0 Å². The lowest BCUT2D eigenvalue weighted by molar-refractivity contribution is 0.605. The van der Waals surface area contributed by atoms with Gasteiger partial charge in [0, 0.05) is 0 Å². The van der Waals surface area contributed by atoms with Gasteiger partial charge in [-0.25, -0.2) is 0 Å². The Morgan fingerprint density at radius 3 is 2.30 bits per heavy atom. The Bertz CT molecular complexity index is 110. The van der Waals surface area contributed by atoms with Crippen molar-refractivity contribution >= 4 is 9.12 Å². The van der Waals surface area contributed by atoms with Gasteiger partial charge < -0.3 is 10.4 Å². The second-order valence-electron chi connectivity index (χ2n) is 3.63. The van der Waals surface area contributed by atoms with E-state index in [0.29, 0.717) is 5.04 Å². The van der Waals surface area contributed by atoms with E-state index >= 15 is 0 Å². The fourth-order valence-corrected chi connectivity index (χ4v) is 3.57. The summed E-state index contributed by atoms with van der Waals surface area (Å²) in [4.78, 5) is 3.26. The van der Waals surface area contributed by atoms with Crippen LogP contribution >= 0.6 is 0 Å². The van der Waals surface area contributed by atoms with Crippen molar-refractivity contribution < 1.29 is 0 Å². The predicted octanol–water partition coefficient (Wildman–Crippen LogP) is 0.719. The van der Waals surface area contributed by atoms with Crippen molar-refractivity contribution in [1.82, 2.24) is 4.98 Å². The Morgan fingerprint density at radius 1 is 1.40 bits per heavy atom. The average molecular weight is 158 g/mol. The van der Waals surface area contributed by atoms with Crippen molar-refractivity contribution in [2.75, 3.05) is 7.05 Å². The lowest BCUT2D eigenvalue weighted by Crippen LogP contribution is -2.49. The molecule has 1 atom stereocenters. The van der Waals surface area contributed by atoms with Gasteiger partial charge in [0.05, 0.1) is 0 Å². The van der Waals surface area contributed by atoms with E-state index < -0.39 is 9.12 Å². The molecule has 0 spiro atoms. The molecule has 0 amide bonds. The lowest BCUT2D eigenvalue weighted by Gasteiger charge is -2.28. The predicted molar refractivity (Wildman–Crippen MR) is 47.2 cm³/mol. The van der Waals surface area contributed by atoms with Crippen molar-refractivity contribution in [1.29, 1.82) is 0 Å². The van der Waals surface area contributed by atoms with Gasteiger partial charge in [0.1, 0.15) is 0 Å². The zero-order chi connectivity index (χ0) is 7.61. The molecule has 3 N–H and O–H groups in total. The van der Waals surface area contributed by atoms with Crippen LogP contribution < -0.4 is 10.4 Å². The second kappa shape index (κ2) is 3.03. The minimum absolute atomic E-state index is 0.509. The summed E-state index contributed by atoms with van der Waals surface area (Å²) in [5, 5.41) is 6.55. The molecule has 0 aromatic rings. The molecule has 0 aromatic heterocycles. The molecule has 0 bridgehead atoms. The van der Waals surface area contributed by atoms with Gasteiger partial charge >= 0.3 is 0 Å². The van der Waals surface area contributed by atoms with Gasteiger partial charge in [-0.15, -0.1) is 0 Å². The van der Waals surface area contributed by atoms with E-state index in [1.165, 1.54) is 25.7 Å². The average Bonchev–Trinajstić information content (AvgIpc) is 2.36. The number of nitrogens with one attached hydrogen (secondary N) is 1. The fraction of sp³-hybridized carbons (Fsp3) is 1.00. The minimum Gasteiger partial charge on any atom is -0.341 e. The summed E-state index contributed by atoms with van der Waals surface area (Å²) in [6, 6.07) is 0. The highest BCUT2D eigenvalue weighted by atomic mass is 28.3. The minimum atomic E-state index is -1.10. The second-order valence-corrected chi connectivity index (χ2v) is 6.55. The third-order valence-corrected chi connectivity index (χ3v) is 5.51. The summed E-state index contributed by atoms with van der Waals surface area (Å²) in [6.07, 6.45) is 5.47. The first-order valence-corrected chi connectivity index (χ1v) is 5.94. The zero-order valence-corrected chi connectivity index (χ0v) is 8.14. The van der Waals surface area contributed by atoms with E-state index in [4.69, 9.17) is 5.40 Å². The molecule has 1 unspecified atom stereocenters. The van der Waals surface area contributed by atoms with Crippen LogP contribution in [0.2, 0.25) is 5.04 Å². The maximum absolute atomic E-state index is 6.04. The van der Waals surface area contributed by atoms with Crippen molar-refractivity contribution in [2.24, 2.45) is 5.40 Å². The summed E-state index contributed by atoms with van der Waals surface area (Å²) in [5.74, 6) is 0. The highest BCUT2D eigenvalue weighted by Gasteiger charge is 2.35. The Morgan fingerprint density at radius 2 is 1.90 bits per heavy atom. The highest BCUT2D eigenvalue weighted by molar-refractivity contribution is 6.56. The van der Waals surface area contributed by atoms with E-state index in [-0.39, 0.29) is 0 Å². The molecule has 3 heteroatoms. The molecule has 0 heterocycles.